The normalized spacial score (nSPS) is 11.7. The van der Waals surface area contributed by atoms with E-state index in [1.165, 1.54) is 22.3 Å². The molecule has 0 unspecified atom stereocenters. The average molecular weight is 811 g/mol. The third-order valence-corrected chi connectivity index (χ3v) is 8.87. The van der Waals surface area contributed by atoms with Crippen molar-refractivity contribution in [3.63, 3.8) is 0 Å². The first-order valence-corrected chi connectivity index (χ1v) is 16.1. The van der Waals surface area contributed by atoms with E-state index in [1.807, 2.05) is 73.9 Å². The molecule has 4 nitrogen and oxygen atoms in total. The maximum absolute atomic E-state index is 6.40. The fraction of sp³-hybridized carbons (Fsp3) is 0.0698. The van der Waals surface area contributed by atoms with E-state index in [0.29, 0.717) is 0 Å². The van der Waals surface area contributed by atoms with Gasteiger partial charge in [0.25, 0.3) is 0 Å². The number of benzene rings is 5. The quantitative estimate of drug-likeness (QED) is 0.133. The SMILES string of the molecule is Cc1c[c-]c(-c2cc(-c3ccccc3)c(C)cn2)cc1.Cc1ccc(-c2[c-]ccc3c2Oc2cccc4c2B3c2ccccc2O4)nc1.[Ir]. The maximum atomic E-state index is 6.40. The van der Waals surface area contributed by atoms with Gasteiger partial charge in [-0.25, -0.2) is 0 Å². The maximum Gasteiger partial charge on any atom is 0.241 e. The average Bonchev–Trinajstić information content (AvgIpc) is 3.13. The second-order valence-corrected chi connectivity index (χ2v) is 12.2. The van der Waals surface area contributed by atoms with Crippen molar-refractivity contribution in [1.29, 1.82) is 0 Å². The molecule has 2 aromatic heterocycles. The van der Waals surface area contributed by atoms with Crippen LogP contribution >= 0.6 is 0 Å². The number of hydrogen-bond acceptors (Lipinski definition) is 4. The topological polar surface area (TPSA) is 44.2 Å². The van der Waals surface area contributed by atoms with Crippen LogP contribution in [0.5, 0.6) is 23.0 Å². The number of rotatable bonds is 3. The Labute approximate surface area is 301 Å². The van der Waals surface area contributed by atoms with Gasteiger partial charge in [-0.05, 0) is 71.2 Å². The van der Waals surface area contributed by atoms with Crippen molar-refractivity contribution in [3.8, 4) is 56.6 Å². The molecule has 5 aromatic carbocycles. The summed E-state index contributed by atoms with van der Waals surface area (Å²) in [5, 5.41) is 0. The minimum atomic E-state index is 0. The van der Waals surface area contributed by atoms with E-state index in [4.69, 9.17) is 9.47 Å². The minimum Gasteiger partial charge on any atom is -0.503 e. The predicted molar refractivity (Wildman–Crippen MR) is 194 cm³/mol. The summed E-state index contributed by atoms with van der Waals surface area (Å²) >= 11 is 0. The van der Waals surface area contributed by atoms with Gasteiger partial charge in [0.2, 0.25) is 6.71 Å². The second kappa shape index (κ2) is 13.7. The first kappa shape index (κ1) is 32.3. The number of ether oxygens (including phenoxy) is 2. The summed E-state index contributed by atoms with van der Waals surface area (Å²) in [7, 11) is 0. The minimum absolute atomic E-state index is 0. The summed E-state index contributed by atoms with van der Waals surface area (Å²) in [6.45, 7) is 6.27. The molecule has 0 aliphatic carbocycles. The number of para-hydroxylation sites is 1. The molecule has 9 rings (SSSR count). The Morgan fingerprint density at radius 1 is 0.612 bits per heavy atom. The van der Waals surface area contributed by atoms with Gasteiger partial charge >= 0.3 is 0 Å². The molecule has 2 aliphatic rings. The van der Waals surface area contributed by atoms with E-state index in [0.717, 1.165) is 67.5 Å². The molecule has 0 amide bonds. The van der Waals surface area contributed by atoms with Gasteiger partial charge in [0.15, 0.2) is 0 Å². The van der Waals surface area contributed by atoms with E-state index >= 15 is 0 Å². The van der Waals surface area contributed by atoms with Crippen LogP contribution in [-0.2, 0) is 20.1 Å². The van der Waals surface area contributed by atoms with Crippen LogP contribution < -0.4 is 25.9 Å². The molecule has 49 heavy (non-hydrogen) atoms. The van der Waals surface area contributed by atoms with Gasteiger partial charge in [-0.15, -0.1) is 59.1 Å². The van der Waals surface area contributed by atoms with Gasteiger partial charge < -0.3 is 19.4 Å². The van der Waals surface area contributed by atoms with Crippen LogP contribution in [0.15, 0.2) is 134 Å². The first-order chi connectivity index (χ1) is 23.5. The molecule has 0 fully saturated rings. The van der Waals surface area contributed by atoms with Crippen LogP contribution in [0.1, 0.15) is 16.7 Å². The molecular weight excluding hydrogens is 780 g/mol. The zero-order valence-electron chi connectivity index (χ0n) is 27.3. The Bertz CT molecular complexity index is 2270. The number of fused-ring (bicyclic) bond motifs is 4. The van der Waals surface area contributed by atoms with Crippen molar-refractivity contribution in [3.05, 3.63) is 163 Å². The van der Waals surface area contributed by atoms with Crippen LogP contribution in [-0.4, -0.2) is 16.7 Å². The molecule has 0 N–H and O–H groups in total. The van der Waals surface area contributed by atoms with Crippen LogP contribution in [0, 0.1) is 32.9 Å². The van der Waals surface area contributed by atoms with Crippen molar-refractivity contribution < 1.29 is 29.6 Å². The molecule has 1 radical (unpaired) electrons. The second-order valence-electron chi connectivity index (χ2n) is 12.2. The predicted octanol–water partition coefficient (Wildman–Crippen LogP) is 8.41. The third kappa shape index (κ3) is 6.22. The van der Waals surface area contributed by atoms with Crippen molar-refractivity contribution in [2.24, 2.45) is 0 Å². The Hall–Kier alpha value is -5.29. The van der Waals surface area contributed by atoms with E-state index in [-0.39, 0.29) is 26.8 Å². The summed E-state index contributed by atoms with van der Waals surface area (Å²) in [6.07, 6.45) is 3.81. The number of hydrogen-bond donors (Lipinski definition) is 0. The number of nitrogens with zero attached hydrogens (tertiary/aromatic N) is 2. The largest absolute Gasteiger partial charge is 0.503 e. The molecule has 4 heterocycles. The van der Waals surface area contributed by atoms with Gasteiger partial charge in [0.1, 0.15) is 17.2 Å². The van der Waals surface area contributed by atoms with Gasteiger partial charge in [0.05, 0.1) is 0 Å². The molecular formula is C43H31BIrN2O2-2. The molecule has 0 spiro atoms. The monoisotopic (exact) mass is 811 g/mol. The zero-order valence-corrected chi connectivity index (χ0v) is 29.7. The molecule has 2 aliphatic heterocycles. The van der Waals surface area contributed by atoms with Gasteiger partial charge in [0, 0.05) is 43.7 Å². The number of aromatic nitrogens is 2. The zero-order chi connectivity index (χ0) is 32.6. The molecule has 0 bridgehead atoms. The van der Waals surface area contributed by atoms with E-state index < -0.39 is 0 Å². The van der Waals surface area contributed by atoms with Crippen molar-refractivity contribution in [2.45, 2.75) is 20.8 Å². The van der Waals surface area contributed by atoms with Gasteiger partial charge in [-0.2, -0.15) is 0 Å². The molecule has 0 saturated carbocycles. The number of aryl methyl sites for hydroxylation is 3. The van der Waals surface area contributed by atoms with Crippen LogP contribution in [0.2, 0.25) is 0 Å². The Balaban J connectivity index is 0.000000160. The fourth-order valence-corrected chi connectivity index (χ4v) is 6.41. The molecule has 6 heteroatoms. The third-order valence-electron chi connectivity index (χ3n) is 8.87. The summed E-state index contributed by atoms with van der Waals surface area (Å²) in [5.41, 5.74) is 13.1. The van der Waals surface area contributed by atoms with Crippen molar-refractivity contribution in [1.82, 2.24) is 9.97 Å². The van der Waals surface area contributed by atoms with Crippen LogP contribution in [0.4, 0.5) is 0 Å². The standard InChI is InChI=1S/C24H15BNO2.C19H16N.Ir/c1-15-12-13-19(26-14-15)16-6-4-8-18-24(16)28-22-11-5-10-21-23(22)25(18)17-7-2-3-9-20(17)27-21;1-14-8-10-17(11-9-14)19-12-18(15(2)13-20-19)16-6-4-3-5-7-16;/h2-5,7-14H,1H3;3-10,12-13H,1-2H3;/q2*-1;. The summed E-state index contributed by atoms with van der Waals surface area (Å²) in [5.74, 6) is 3.41. The smallest absolute Gasteiger partial charge is 0.241 e. The molecule has 0 saturated heterocycles. The summed E-state index contributed by atoms with van der Waals surface area (Å²) in [4.78, 5) is 9.14. The van der Waals surface area contributed by atoms with E-state index in [9.17, 15) is 0 Å². The van der Waals surface area contributed by atoms with Gasteiger partial charge in [-0.1, -0.05) is 85.3 Å². The van der Waals surface area contributed by atoms with Crippen molar-refractivity contribution >= 4 is 23.1 Å². The number of pyridine rings is 2. The van der Waals surface area contributed by atoms with Crippen LogP contribution in [0.3, 0.4) is 0 Å². The fourth-order valence-electron chi connectivity index (χ4n) is 6.41. The summed E-state index contributed by atoms with van der Waals surface area (Å²) in [6, 6.07) is 47.7. The molecule has 239 valence electrons. The Morgan fingerprint density at radius 3 is 2.12 bits per heavy atom. The molecule has 7 aromatic rings. The molecule has 0 atom stereocenters. The van der Waals surface area contributed by atoms with E-state index in [2.05, 4.69) is 103 Å². The van der Waals surface area contributed by atoms with E-state index in [1.54, 1.807) is 0 Å². The first-order valence-electron chi connectivity index (χ1n) is 16.1. The Morgan fingerprint density at radius 2 is 1.35 bits per heavy atom. The van der Waals surface area contributed by atoms with Crippen LogP contribution in [0.25, 0.3) is 33.6 Å². The summed E-state index contributed by atoms with van der Waals surface area (Å²) < 4.78 is 12.6. The van der Waals surface area contributed by atoms with Gasteiger partial charge in [-0.3, -0.25) is 0 Å². The van der Waals surface area contributed by atoms with Crippen molar-refractivity contribution in [2.75, 3.05) is 0 Å². The Kier molecular flexibility index (Phi) is 9.01.